The number of aliphatic hydroxyl groups excluding tert-OH is 2. The van der Waals surface area contributed by atoms with Crippen LogP contribution in [-0.4, -0.2) is 69.8 Å². The number of nitro groups is 1. The molecule has 1 saturated carbocycles. The SMILES string of the molecule is C=CCOC12Oc3ccc(Oc4ccc(-c5ccccc5)cc4)cc3C3C(CCCCO)C(CCCCO)C=C(C(=NOCc4ccccc4)CC1N(CCC)C(=O)C=Cc1ccc([N+](=O)[O-])cc1)C32. The Labute approximate surface area is 410 Å². The van der Waals surface area contributed by atoms with Crippen LogP contribution in [0, 0.1) is 27.9 Å². The van der Waals surface area contributed by atoms with E-state index < -0.39 is 22.7 Å². The third-order valence-electron chi connectivity index (χ3n) is 13.7. The average Bonchev–Trinajstić information content (AvgIpc) is 3.39. The molecule has 12 nitrogen and oxygen atoms in total. The number of rotatable bonds is 23. The molecule has 0 bridgehead atoms. The first-order chi connectivity index (χ1) is 34.3. The lowest BCUT2D eigenvalue weighted by Gasteiger charge is -2.60. The van der Waals surface area contributed by atoms with Crippen LogP contribution in [0.2, 0.25) is 0 Å². The molecule has 0 radical (unpaired) electrons. The molecule has 8 rings (SSSR count). The molecule has 1 fully saturated rings. The van der Waals surface area contributed by atoms with Gasteiger partial charge in [-0.05, 0) is 120 Å². The van der Waals surface area contributed by atoms with Crippen molar-refractivity contribution in [1.29, 1.82) is 0 Å². The number of aliphatic hydroxyl groups is 2. The quantitative estimate of drug-likeness (QED) is 0.0214. The summed E-state index contributed by atoms with van der Waals surface area (Å²) in [6, 6.07) is 39.4. The lowest BCUT2D eigenvalue weighted by atomic mass is 9.55. The van der Waals surface area contributed by atoms with Crippen molar-refractivity contribution in [3.8, 4) is 28.4 Å². The molecule has 0 aromatic heterocycles. The number of nitro benzene ring substituents is 1. The molecule has 0 spiro atoms. The fourth-order valence-corrected chi connectivity index (χ4v) is 10.6. The van der Waals surface area contributed by atoms with Gasteiger partial charge in [0, 0.05) is 55.9 Å². The highest BCUT2D eigenvalue weighted by atomic mass is 16.7. The van der Waals surface area contributed by atoms with Crippen LogP contribution in [0.4, 0.5) is 5.69 Å². The molecular weight excluding hydrogens is 883 g/mol. The third kappa shape index (κ3) is 11.3. The van der Waals surface area contributed by atoms with E-state index in [1.165, 1.54) is 18.2 Å². The number of amides is 1. The number of carbonyl (C=O) groups is 1. The van der Waals surface area contributed by atoms with Crippen molar-refractivity contribution < 1.29 is 39.0 Å². The lowest BCUT2D eigenvalue weighted by Crippen LogP contribution is -2.70. The predicted molar refractivity (Wildman–Crippen MR) is 272 cm³/mol. The molecule has 2 N–H and O–H groups in total. The maximum absolute atomic E-state index is 14.9. The van der Waals surface area contributed by atoms with Crippen molar-refractivity contribution in [2.24, 2.45) is 22.9 Å². The van der Waals surface area contributed by atoms with Gasteiger partial charge >= 0.3 is 0 Å². The Bertz CT molecular complexity index is 2630. The van der Waals surface area contributed by atoms with E-state index in [1.54, 1.807) is 24.3 Å². The minimum atomic E-state index is -1.44. The largest absolute Gasteiger partial charge is 0.459 e. The molecule has 12 heteroatoms. The summed E-state index contributed by atoms with van der Waals surface area (Å²) in [5.74, 6) is -0.450. The molecule has 3 aliphatic rings. The maximum Gasteiger partial charge on any atom is 0.269 e. The molecule has 0 saturated heterocycles. The maximum atomic E-state index is 14.9. The van der Waals surface area contributed by atoms with Crippen LogP contribution in [0.25, 0.3) is 17.2 Å². The number of oxime groups is 1. The fourth-order valence-electron chi connectivity index (χ4n) is 10.6. The van der Waals surface area contributed by atoms with Crippen LogP contribution >= 0.6 is 0 Å². The summed E-state index contributed by atoms with van der Waals surface area (Å²) in [7, 11) is 0. The molecule has 5 aromatic rings. The van der Waals surface area contributed by atoms with Gasteiger partial charge in [0.15, 0.2) is 0 Å². The van der Waals surface area contributed by atoms with E-state index >= 15 is 0 Å². The van der Waals surface area contributed by atoms with Crippen LogP contribution < -0.4 is 9.47 Å². The minimum absolute atomic E-state index is 0.0244. The molecule has 1 amide bonds. The minimum Gasteiger partial charge on any atom is -0.459 e. The second-order valence-electron chi connectivity index (χ2n) is 18.2. The topological polar surface area (TPSA) is 153 Å². The first-order valence-corrected chi connectivity index (χ1v) is 24.6. The van der Waals surface area contributed by atoms with Crippen molar-refractivity contribution in [2.45, 2.75) is 82.6 Å². The van der Waals surface area contributed by atoms with E-state index in [9.17, 15) is 25.1 Å². The summed E-state index contributed by atoms with van der Waals surface area (Å²) in [6.45, 7) is 6.97. The molecule has 5 aromatic carbocycles. The molecule has 1 aliphatic heterocycles. The van der Waals surface area contributed by atoms with E-state index in [1.807, 2.05) is 84.6 Å². The zero-order chi connectivity index (χ0) is 48.9. The highest BCUT2D eigenvalue weighted by Gasteiger charge is 2.65. The smallest absolute Gasteiger partial charge is 0.269 e. The Morgan fingerprint density at radius 1 is 0.886 bits per heavy atom. The van der Waals surface area contributed by atoms with Crippen molar-refractivity contribution in [3.05, 3.63) is 185 Å². The van der Waals surface area contributed by atoms with E-state index in [2.05, 4.69) is 43.0 Å². The summed E-state index contributed by atoms with van der Waals surface area (Å²) in [5, 5.41) is 36.4. The zero-order valence-corrected chi connectivity index (χ0v) is 39.8. The van der Waals surface area contributed by atoms with Gasteiger partial charge in [-0.15, -0.1) is 6.58 Å². The third-order valence-corrected chi connectivity index (χ3v) is 13.7. The summed E-state index contributed by atoms with van der Waals surface area (Å²) in [6.07, 6.45) is 12.6. The van der Waals surface area contributed by atoms with Crippen LogP contribution in [0.3, 0.4) is 0 Å². The Morgan fingerprint density at radius 3 is 2.26 bits per heavy atom. The lowest BCUT2D eigenvalue weighted by molar-refractivity contribution is -0.384. The normalized spacial score (nSPS) is 21.8. The summed E-state index contributed by atoms with van der Waals surface area (Å²) in [4.78, 5) is 33.9. The first kappa shape index (κ1) is 49.6. The molecule has 70 heavy (non-hydrogen) atoms. The van der Waals surface area contributed by atoms with E-state index in [0.29, 0.717) is 54.3 Å². The van der Waals surface area contributed by atoms with Gasteiger partial charge in [-0.1, -0.05) is 110 Å². The van der Waals surface area contributed by atoms with Gasteiger partial charge < -0.3 is 34.2 Å². The van der Waals surface area contributed by atoms with Crippen molar-refractivity contribution in [2.75, 3.05) is 26.4 Å². The molecule has 6 atom stereocenters. The number of carbonyl (C=O) groups excluding carboxylic acids is 1. The van der Waals surface area contributed by atoms with E-state index in [-0.39, 0.29) is 62.2 Å². The Balaban J connectivity index is 1.28. The number of hydrogen-bond donors (Lipinski definition) is 2. The Hall–Kier alpha value is -6.86. The van der Waals surface area contributed by atoms with Crippen LogP contribution in [0.15, 0.2) is 163 Å². The summed E-state index contributed by atoms with van der Waals surface area (Å²) < 4.78 is 21.2. The van der Waals surface area contributed by atoms with Gasteiger partial charge in [0.05, 0.1) is 23.2 Å². The van der Waals surface area contributed by atoms with Crippen LogP contribution in [-0.2, 0) is 21.0 Å². The van der Waals surface area contributed by atoms with Gasteiger partial charge in [0.1, 0.15) is 29.9 Å². The Morgan fingerprint density at radius 2 is 1.57 bits per heavy atom. The fraction of sp³-hybridized carbons (Fsp3) is 0.345. The standard InChI is InChI=1S/C58H63N3O9/c1-3-33-60(55(64)32-23-41-21-26-46(27-22-41)61(65)66)54-39-52(59-68-40-42-15-7-5-8-16-42)50-37-45(19-11-13-34-62)49(20-12-14-35-63)56-51-38-48(30-31-53(51)70-58(54,57(50)56)67-36-4-2)69-47-28-24-44(25-29-47)43-17-9-6-10-18-43/h4-10,15-18,21-32,37-38,45,49,54,56-57,62-63H,2-3,11-14,19-20,33-36,39-40H2,1H3. The molecule has 2 aliphatic carbocycles. The van der Waals surface area contributed by atoms with Gasteiger partial charge in [0.25, 0.3) is 5.69 Å². The predicted octanol–water partition coefficient (Wildman–Crippen LogP) is 11.8. The number of allylic oxidation sites excluding steroid dienone is 1. The summed E-state index contributed by atoms with van der Waals surface area (Å²) >= 11 is 0. The number of benzene rings is 5. The van der Waals surface area contributed by atoms with Gasteiger partial charge in [0.2, 0.25) is 11.7 Å². The zero-order valence-electron chi connectivity index (χ0n) is 39.8. The number of ether oxygens (including phenoxy) is 3. The van der Waals surface area contributed by atoms with Crippen LogP contribution in [0.5, 0.6) is 17.2 Å². The summed E-state index contributed by atoms with van der Waals surface area (Å²) in [5.41, 5.74) is 6.33. The molecular formula is C58H63N3O9. The van der Waals surface area contributed by atoms with Gasteiger partial charge in [-0.2, -0.15) is 0 Å². The molecule has 6 unspecified atom stereocenters. The number of non-ortho nitro benzene ring substituents is 1. The highest BCUT2D eigenvalue weighted by Crippen LogP contribution is 2.62. The van der Waals surface area contributed by atoms with E-state index in [0.717, 1.165) is 53.5 Å². The van der Waals surface area contributed by atoms with Crippen molar-refractivity contribution in [3.63, 3.8) is 0 Å². The second kappa shape index (κ2) is 23.6. The average molecular weight is 946 g/mol. The number of unbranched alkanes of at least 4 members (excludes halogenated alkanes) is 2. The first-order valence-electron chi connectivity index (χ1n) is 24.6. The Kier molecular flexibility index (Phi) is 16.7. The van der Waals surface area contributed by atoms with Crippen molar-refractivity contribution in [1.82, 2.24) is 4.90 Å². The van der Waals surface area contributed by atoms with Gasteiger partial charge in [-0.3, -0.25) is 14.9 Å². The number of hydrogen-bond acceptors (Lipinski definition) is 10. The van der Waals surface area contributed by atoms with E-state index in [4.69, 9.17) is 24.2 Å². The number of fused-ring (bicyclic) bond motifs is 2. The number of nitrogens with zero attached hydrogens (tertiary/aromatic N) is 3. The highest BCUT2D eigenvalue weighted by molar-refractivity contribution is 6.03. The molecule has 364 valence electrons. The second-order valence-corrected chi connectivity index (χ2v) is 18.2. The monoisotopic (exact) mass is 945 g/mol. The molecule has 1 heterocycles. The van der Waals surface area contributed by atoms with Crippen molar-refractivity contribution >= 4 is 23.4 Å². The van der Waals surface area contributed by atoms with Gasteiger partial charge in [-0.25, -0.2) is 0 Å². The van der Waals surface area contributed by atoms with Crippen LogP contribution in [0.1, 0.15) is 80.9 Å².